The summed E-state index contributed by atoms with van der Waals surface area (Å²) in [4.78, 5) is 17.0. The van der Waals surface area contributed by atoms with E-state index in [1.165, 1.54) is 12.1 Å². The number of ether oxygens (including phenoxy) is 1. The highest BCUT2D eigenvalue weighted by Crippen LogP contribution is 2.36. The number of nitrogens with zero attached hydrogens (tertiary/aromatic N) is 2. The predicted molar refractivity (Wildman–Crippen MR) is 147 cm³/mol. The van der Waals surface area contributed by atoms with E-state index >= 15 is 0 Å². The molecule has 202 valence electrons. The largest absolute Gasteiger partial charge is 0.369 e. The molecular formula is C25H31Cl3N4O4S. The molecule has 4 rings (SSSR count). The standard InChI is InChI=1S/C25H31Cl3N4O4S/c1-31-9-11-32(12-10-31)19-6-4-17(5-7-19)15-30-23(33)16-36-25(22-3-2-8-29-22)37(34,35)24-20(27)13-18(26)14-21(24)28/h4-7,13-14,22,25,29H,2-3,8-12,15-16H2,1H3,(H,30,33). The van der Waals surface area contributed by atoms with Crippen LogP contribution in [0.5, 0.6) is 0 Å². The molecule has 2 aromatic carbocycles. The van der Waals surface area contributed by atoms with E-state index < -0.39 is 33.8 Å². The third-order valence-corrected chi connectivity index (χ3v) is 9.78. The maximum absolute atomic E-state index is 13.5. The van der Waals surface area contributed by atoms with Crippen LogP contribution in [0.4, 0.5) is 5.69 Å². The Balaban J connectivity index is 1.37. The number of benzene rings is 2. The van der Waals surface area contributed by atoms with Crippen LogP contribution in [0.1, 0.15) is 18.4 Å². The Morgan fingerprint density at radius 3 is 2.35 bits per heavy atom. The monoisotopic (exact) mass is 588 g/mol. The zero-order valence-electron chi connectivity index (χ0n) is 20.6. The van der Waals surface area contributed by atoms with Crippen LogP contribution in [0.3, 0.4) is 0 Å². The molecule has 0 radical (unpaired) electrons. The van der Waals surface area contributed by atoms with Gasteiger partial charge in [-0.3, -0.25) is 4.79 Å². The van der Waals surface area contributed by atoms with Gasteiger partial charge in [0.2, 0.25) is 15.7 Å². The SMILES string of the molecule is CN1CCN(c2ccc(CNC(=O)COC(C3CCCN3)S(=O)(=O)c3c(Cl)cc(Cl)cc3Cl)cc2)CC1. The molecule has 2 aromatic rings. The fourth-order valence-corrected chi connectivity index (χ4v) is 7.85. The maximum atomic E-state index is 13.5. The second-order valence-corrected chi connectivity index (χ2v) is 12.6. The summed E-state index contributed by atoms with van der Waals surface area (Å²) in [6, 6.07) is 10.2. The van der Waals surface area contributed by atoms with Crippen molar-refractivity contribution < 1.29 is 17.9 Å². The van der Waals surface area contributed by atoms with Crippen LogP contribution >= 0.6 is 34.8 Å². The van der Waals surface area contributed by atoms with Crippen molar-refractivity contribution in [3.05, 3.63) is 57.0 Å². The molecule has 0 saturated carbocycles. The lowest BCUT2D eigenvalue weighted by Gasteiger charge is -2.34. The van der Waals surface area contributed by atoms with Crippen molar-refractivity contribution in [3.8, 4) is 0 Å². The van der Waals surface area contributed by atoms with E-state index in [9.17, 15) is 13.2 Å². The van der Waals surface area contributed by atoms with Crippen molar-refractivity contribution in [2.75, 3.05) is 51.3 Å². The number of carbonyl (C=O) groups is 1. The van der Waals surface area contributed by atoms with Crippen molar-refractivity contribution in [2.45, 2.75) is 35.8 Å². The molecule has 8 nitrogen and oxygen atoms in total. The first-order valence-corrected chi connectivity index (χ1v) is 14.9. The van der Waals surface area contributed by atoms with Gasteiger partial charge in [0.25, 0.3) is 0 Å². The zero-order chi connectivity index (χ0) is 26.6. The maximum Gasteiger partial charge on any atom is 0.246 e. The van der Waals surface area contributed by atoms with E-state index in [2.05, 4.69) is 39.6 Å². The minimum Gasteiger partial charge on any atom is -0.369 e. The molecule has 2 saturated heterocycles. The van der Waals surface area contributed by atoms with Crippen molar-refractivity contribution in [1.82, 2.24) is 15.5 Å². The van der Waals surface area contributed by atoms with Crippen LogP contribution in [0.2, 0.25) is 15.1 Å². The molecule has 0 spiro atoms. The average Bonchev–Trinajstić information content (AvgIpc) is 3.37. The lowest BCUT2D eigenvalue weighted by atomic mass is 10.2. The first kappa shape index (κ1) is 28.4. The van der Waals surface area contributed by atoms with E-state index in [-0.39, 0.29) is 20.0 Å². The molecule has 2 unspecified atom stereocenters. The highest BCUT2D eigenvalue weighted by atomic mass is 35.5. The van der Waals surface area contributed by atoms with Crippen LogP contribution in [0, 0.1) is 0 Å². The Hall–Kier alpha value is -1.59. The fraction of sp³-hybridized carbons (Fsp3) is 0.480. The molecule has 1 amide bonds. The molecule has 0 bridgehead atoms. The van der Waals surface area contributed by atoms with Crippen LogP contribution in [0.25, 0.3) is 0 Å². The summed E-state index contributed by atoms with van der Waals surface area (Å²) in [5, 5.41) is 5.99. The van der Waals surface area contributed by atoms with Gasteiger partial charge in [0.1, 0.15) is 11.5 Å². The van der Waals surface area contributed by atoms with Crippen LogP contribution in [-0.4, -0.2) is 77.1 Å². The zero-order valence-corrected chi connectivity index (χ0v) is 23.6. The Morgan fingerprint density at radius 2 is 1.76 bits per heavy atom. The molecule has 2 N–H and O–H groups in total. The molecule has 12 heteroatoms. The second kappa shape index (κ2) is 12.5. The number of halogens is 3. The van der Waals surface area contributed by atoms with Gasteiger partial charge in [-0.25, -0.2) is 8.42 Å². The highest BCUT2D eigenvalue weighted by molar-refractivity contribution is 7.92. The molecule has 37 heavy (non-hydrogen) atoms. The number of hydrogen-bond acceptors (Lipinski definition) is 7. The van der Waals surface area contributed by atoms with Crippen LogP contribution < -0.4 is 15.5 Å². The van der Waals surface area contributed by atoms with Gasteiger partial charge in [-0.15, -0.1) is 0 Å². The number of carbonyl (C=O) groups excluding carboxylic acids is 1. The van der Waals surface area contributed by atoms with Gasteiger partial charge in [-0.2, -0.15) is 0 Å². The molecule has 2 fully saturated rings. The minimum absolute atomic E-state index is 0.0893. The quantitative estimate of drug-likeness (QED) is 0.462. The highest BCUT2D eigenvalue weighted by Gasteiger charge is 2.40. The van der Waals surface area contributed by atoms with E-state index in [1.807, 2.05) is 12.1 Å². The molecule has 2 heterocycles. The summed E-state index contributed by atoms with van der Waals surface area (Å²) in [7, 11) is -2.02. The van der Waals surface area contributed by atoms with Gasteiger partial charge < -0.3 is 25.2 Å². The molecule has 2 atom stereocenters. The number of amides is 1. The predicted octanol–water partition coefficient (Wildman–Crippen LogP) is 3.58. The topological polar surface area (TPSA) is 91.0 Å². The summed E-state index contributed by atoms with van der Waals surface area (Å²) >= 11 is 18.4. The van der Waals surface area contributed by atoms with Crippen molar-refractivity contribution in [1.29, 1.82) is 0 Å². The number of nitrogens with one attached hydrogen (secondary N) is 2. The number of sulfone groups is 1. The molecule has 0 aliphatic carbocycles. The van der Waals surface area contributed by atoms with Crippen molar-refractivity contribution in [2.24, 2.45) is 0 Å². The Labute approximate surface area is 233 Å². The number of rotatable bonds is 9. The van der Waals surface area contributed by atoms with Gasteiger partial charge >= 0.3 is 0 Å². The third-order valence-electron chi connectivity index (χ3n) is 6.65. The van der Waals surface area contributed by atoms with Crippen molar-refractivity contribution >= 4 is 56.2 Å². The number of likely N-dealkylation sites (N-methyl/N-ethyl adjacent to an activating group) is 1. The lowest BCUT2D eigenvalue weighted by molar-refractivity contribution is -0.126. The van der Waals surface area contributed by atoms with E-state index in [1.54, 1.807) is 0 Å². The average molecular weight is 590 g/mol. The first-order chi connectivity index (χ1) is 17.6. The lowest BCUT2D eigenvalue weighted by Crippen LogP contribution is -2.44. The summed E-state index contributed by atoms with van der Waals surface area (Å²) in [5.41, 5.74) is 0.760. The number of piperazine rings is 1. The van der Waals surface area contributed by atoms with Gasteiger partial charge in [0.15, 0.2) is 5.44 Å². The Bertz CT molecular complexity index is 1180. The van der Waals surface area contributed by atoms with E-state index in [0.29, 0.717) is 19.5 Å². The number of hydrogen-bond donors (Lipinski definition) is 2. The first-order valence-electron chi connectivity index (χ1n) is 12.2. The molecule has 0 aromatic heterocycles. The second-order valence-electron chi connectivity index (χ2n) is 9.36. The van der Waals surface area contributed by atoms with Gasteiger partial charge in [-0.1, -0.05) is 46.9 Å². The third kappa shape index (κ3) is 7.09. The summed E-state index contributed by atoms with van der Waals surface area (Å²) in [5.74, 6) is -0.422. The van der Waals surface area contributed by atoms with Gasteiger partial charge in [0, 0.05) is 49.5 Å². The fourth-order valence-electron chi connectivity index (χ4n) is 4.58. The smallest absolute Gasteiger partial charge is 0.246 e. The minimum atomic E-state index is -4.14. The van der Waals surface area contributed by atoms with Gasteiger partial charge in [0.05, 0.1) is 10.0 Å². The Morgan fingerprint density at radius 1 is 1.11 bits per heavy atom. The number of anilines is 1. The van der Waals surface area contributed by atoms with E-state index in [0.717, 1.165) is 43.9 Å². The molecule has 2 aliphatic rings. The normalized spacial score (nSPS) is 19.7. The summed E-state index contributed by atoms with van der Waals surface area (Å²) in [6.07, 6.45) is 1.37. The Kier molecular flexibility index (Phi) is 9.61. The van der Waals surface area contributed by atoms with Crippen LogP contribution in [-0.2, 0) is 25.9 Å². The summed E-state index contributed by atoms with van der Waals surface area (Å²) < 4.78 is 32.8. The van der Waals surface area contributed by atoms with Crippen molar-refractivity contribution in [3.63, 3.8) is 0 Å². The summed E-state index contributed by atoms with van der Waals surface area (Å²) in [6.45, 7) is 4.55. The molecule has 2 aliphatic heterocycles. The van der Waals surface area contributed by atoms with Crippen LogP contribution in [0.15, 0.2) is 41.3 Å². The molecular weight excluding hydrogens is 559 g/mol. The van der Waals surface area contributed by atoms with Gasteiger partial charge in [-0.05, 0) is 56.3 Å². The van der Waals surface area contributed by atoms with E-state index in [4.69, 9.17) is 39.5 Å².